The largest absolute Gasteiger partial charge is 0.269 e. The molecule has 0 radical (unpaired) electrons. The Morgan fingerprint density at radius 2 is 1.29 bits per heavy atom. The van der Waals surface area contributed by atoms with E-state index in [1.54, 1.807) is 5.57 Å². The Bertz CT molecular complexity index is 202. The molecule has 0 spiro atoms. The van der Waals surface area contributed by atoms with Crippen LogP contribution in [0.1, 0.15) is 72.6 Å². The van der Waals surface area contributed by atoms with Gasteiger partial charge in [0.1, 0.15) is 0 Å². The van der Waals surface area contributed by atoms with Crippen molar-refractivity contribution in [3.05, 3.63) is 11.6 Å². The molecule has 0 heterocycles. The third-order valence-electron chi connectivity index (χ3n) is 4.20. The molecular weight excluding hydrogens is 211 g/mol. The Kier molecular flexibility index (Phi) is 8.55. The van der Waals surface area contributed by atoms with Crippen molar-refractivity contribution in [3.8, 4) is 0 Å². The van der Waals surface area contributed by atoms with Crippen LogP contribution in [0.2, 0.25) is 0 Å². The lowest BCUT2D eigenvalue weighted by Gasteiger charge is -2.22. The van der Waals surface area contributed by atoms with Gasteiger partial charge in [0.25, 0.3) is 0 Å². The Hall–Kier alpha value is -0.330. The van der Waals surface area contributed by atoms with E-state index in [1.807, 2.05) is 0 Å². The highest BCUT2D eigenvalue weighted by Gasteiger charge is 2.13. The summed E-state index contributed by atoms with van der Waals surface area (Å²) in [7, 11) is 0. The molecule has 0 aromatic rings. The standard InChI is InChI=1S/C8H16.C8H14.FH/c2*1-7-3-5-8(2)6-4-7;/h7-8H,3-6H2,1-2H3;3,8H,4-6H2,1-2H3;1H. The summed E-state index contributed by atoms with van der Waals surface area (Å²) in [4.78, 5) is 0. The lowest BCUT2D eigenvalue weighted by molar-refractivity contribution is 0.308. The molecule has 0 saturated heterocycles. The molecule has 0 aromatic heterocycles. The van der Waals surface area contributed by atoms with E-state index in [4.69, 9.17) is 0 Å². The first kappa shape index (κ1) is 16.7. The van der Waals surface area contributed by atoms with Crippen LogP contribution in [0.5, 0.6) is 0 Å². The van der Waals surface area contributed by atoms with Gasteiger partial charge in [0.2, 0.25) is 0 Å². The van der Waals surface area contributed by atoms with E-state index in [2.05, 4.69) is 33.8 Å². The minimum Gasteiger partial charge on any atom is -0.269 e. The van der Waals surface area contributed by atoms with Gasteiger partial charge in [-0.3, -0.25) is 4.70 Å². The van der Waals surface area contributed by atoms with E-state index in [-0.39, 0.29) is 4.70 Å². The lowest BCUT2D eigenvalue weighted by Crippen LogP contribution is -2.08. The maximum atomic E-state index is 2.37. The van der Waals surface area contributed by atoms with Gasteiger partial charge in [0.05, 0.1) is 0 Å². The van der Waals surface area contributed by atoms with Crippen molar-refractivity contribution in [2.75, 3.05) is 0 Å². The summed E-state index contributed by atoms with van der Waals surface area (Å²) in [5.74, 6) is 2.98. The highest BCUT2D eigenvalue weighted by atomic mass is 19.0. The quantitative estimate of drug-likeness (QED) is 0.475. The van der Waals surface area contributed by atoms with Crippen LogP contribution in [0.15, 0.2) is 11.6 Å². The van der Waals surface area contributed by atoms with E-state index in [0.717, 1.165) is 17.8 Å². The predicted molar refractivity (Wildman–Crippen MR) is 76.1 cm³/mol. The summed E-state index contributed by atoms with van der Waals surface area (Å²) in [6.45, 7) is 9.28. The number of halogens is 1. The fourth-order valence-electron chi connectivity index (χ4n) is 2.52. The molecule has 0 amide bonds. The van der Waals surface area contributed by atoms with E-state index in [1.165, 1.54) is 44.9 Å². The molecule has 0 N–H and O–H groups in total. The zero-order valence-corrected chi connectivity index (χ0v) is 12.2. The van der Waals surface area contributed by atoms with Crippen LogP contribution in [-0.4, -0.2) is 0 Å². The smallest absolute Gasteiger partial charge is 0.0320 e. The third-order valence-corrected chi connectivity index (χ3v) is 4.20. The first-order valence-corrected chi connectivity index (χ1v) is 7.23. The van der Waals surface area contributed by atoms with Crippen molar-refractivity contribution in [1.82, 2.24) is 0 Å². The molecule has 0 aliphatic heterocycles. The summed E-state index contributed by atoms with van der Waals surface area (Å²) in [6.07, 6.45) is 12.3. The van der Waals surface area contributed by atoms with Gasteiger partial charge in [-0.1, -0.05) is 58.1 Å². The van der Waals surface area contributed by atoms with Crippen LogP contribution < -0.4 is 0 Å². The van der Waals surface area contributed by atoms with Crippen LogP contribution in [0.25, 0.3) is 0 Å². The minimum atomic E-state index is 0. The maximum Gasteiger partial charge on any atom is -0.0320 e. The van der Waals surface area contributed by atoms with E-state index < -0.39 is 0 Å². The summed E-state index contributed by atoms with van der Waals surface area (Å²) in [5, 5.41) is 0. The highest BCUT2D eigenvalue weighted by molar-refractivity contribution is 5.01. The average Bonchev–Trinajstić information content (AvgIpc) is 2.28. The van der Waals surface area contributed by atoms with E-state index in [9.17, 15) is 0 Å². The molecule has 102 valence electrons. The fraction of sp³-hybridized carbons (Fsp3) is 0.875. The summed E-state index contributed by atoms with van der Waals surface area (Å²) >= 11 is 0. The van der Waals surface area contributed by atoms with Crippen molar-refractivity contribution >= 4 is 0 Å². The van der Waals surface area contributed by atoms with Crippen molar-refractivity contribution in [1.29, 1.82) is 0 Å². The molecule has 2 rings (SSSR count). The molecule has 1 fully saturated rings. The molecule has 17 heavy (non-hydrogen) atoms. The fourth-order valence-corrected chi connectivity index (χ4v) is 2.52. The van der Waals surface area contributed by atoms with Gasteiger partial charge in [0, 0.05) is 0 Å². The summed E-state index contributed by atoms with van der Waals surface area (Å²) < 4.78 is 0. The zero-order chi connectivity index (χ0) is 12.0. The second-order valence-electron chi connectivity index (χ2n) is 6.30. The number of hydrogen-bond donors (Lipinski definition) is 0. The average molecular weight is 242 g/mol. The molecule has 2 aliphatic carbocycles. The van der Waals surface area contributed by atoms with Gasteiger partial charge in [-0.05, 0) is 43.9 Å². The monoisotopic (exact) mass is 242 g/mol. The van der Waals surface area contributed by atoms with Gasteiger partial charge in [-0.2, -0.15) is 0 Å². The number of rotatable bonds is 0. The topological polar surface area (TPSA) is 0 Å². The first-order chi connectivity index (χ1) is 7.58. The Labute approximate surface area is 107 Å². The molecule has 0 aromatic carbocycles. The van der Waals surface area contributed by atoms with Crippen LogP contribution in [0, 0.1) is 17.8 Å². The molecule has 2 aliphatic rings. The Morgan fingerprint density at radius 1 is 0.824 bits per heavy atom. The van der Waals surface area contributed by atoms with Crippen molar-refractivity contribution < 1.29 is 4.70 Å². The van der Waals surface area contributed by atoms with Crippen LogP contribution in [0.3, 0.4) is 0 Å². The van der Waals surface area contributed by atoms with Gasteiger partial charge in [-0.25, -0.2) is 0 Å². The lowest BCUT2D eigenvalue weighted by atomic mass is 9.84. The van der Waals surface area contributed by atoms with Crippen LogP contribution >= 0.6 is 0 Å². The minimum absolute atomic E-state index is 0. The predicted octanol–water partition coefficient (Wildman–Crippen LogP) is 5.74. The maximum absolute atomic E-state index is 2.37. The number of allylic oxidation sites excluding steroid dienone is 2. The SMILES string of the molecule is CC1=CCC(C)CC1.CC1CCC(C)CC1.F. The molecule has 0 bridgehead atoms. The van der Waals surface area contributed by atoms with Crippen molar-refractivity contribution in [2.24, 2.45) is 17.8 Å². The molecular formula is C16H31F. The first-order valence-electron chi connectivity index (χ1n) is 7.23. The number of hydrogen-bond acceptors (Lipinski definition) is 0. The Morgan fingerprint density at radius 3 is 1.59 bits per heavy atom. The second-order valence-corrected chi connectivity index (χ2v) is 6.30. The van der Waals surface area contributed by atoms with Gasteiger partial charge in [-0.15, -0.1) is 0 Å². The second kappa shape index (κ2) is 8.72. The van der Waals surface area contributed by atoms with Gasteiger partial charge >= 0.3 is 0 Å². The third kappa shape index (κ3) is 7.57. The molecule has 1 atom stereocenters. The van der Waals surface area contributed by atoms with E-state index >= 15 is 0 Å². The summed E-state index contributed by atoms with van der Waals surface area (Å²) in [6, 6.07) is 0. The molecule has 1 unspecified atom stereocenters. The highest BCUT2D eigenvalue weighted by Crippen LogP contribution is 2.27. The zero-order valence-electron chi connectivity index (χ0n) is 12.2. The Balaban J connectivity index is 0.000000284. The molecule has 1 heteroatoms. The normalized spacial score (nSPS) is 32.7. The van der Waals surface area contributed by atoms with E-state index in [0.29, 0.717) is 0 Å². The van der Waals surface area contributed by atoms with Crippen LogP contribution in [0.4, 0.5) is 4.70 Å². The molecule has 0 nitrogen and oxygen atoms in total. The molecule has 1 saturated carbocycles. The van der Waals surface area contributed by atoms with Gasteiger partial charge in [0.15, 0.2) is 0 Å². The van der Waals surface area contributed by atoms with Crippen molar-refractivity contribution in [3.63, 3.8) is 0 Å². The van der Waals surface area contributed by atoms with Gasteiger partial charge < -0.3 is 0 Å². The van der Waals surface area contributed by atoms with Crippen LogP contribution in [-0.2, 0) is 0 Å². The summed E-state index contributed by atoms with van der Waals surface area (Å²) in [5.41, 5.74) is 1.59. The van der Waals surface area contributed by atoms with Crippen molar-refractivity contribution in [2.45, 2.75) is 72.6 Å².